The van der Waals surface area contributed by atoms with Gasteiger partial charge >= 0.3 is 0 Å². The molecule has 0 amide bonds. The highest BCUT2D eigenvalue weighted by molar-refractivity contribution is 6.36. The van der Waals surface area contributed by atoms with Gasteiger partial charge in [0.05, 0.1) is 16.7 Å². The number of nitrogens with zero attached hydrogens (tertiary/aromatic N) is 1. The minimum Gasteiger partial charge on any atom is -0.362 e. The smallest absolute Gasteiger partial charge is 0.0999 e. The fourth-order valence-electron chi connectivity index (χ4n) is 1.47. The zero-order chi connectivity index (χ0) is 12.3. The molecule has 0 spiro atoms. The van der Waals surface area contributed by atoms with Gasteiger partial charge in [0.1, 0.15) is 0 Å². The average molecular weight is 263 g/mol. The molecule has 84 valence electrons. The second-order valence-electron chi connectivity index (χ2n) is 3.42. The highest BCUT2D eigenvalue weighted by Gasteiger charge is 2.07. The van der Waals surface area contributed by atoms with Crippen molar-refractivity contribution in [2.45, 2.75) is 0 Å². The Morgan fingerprint density at radius 3 is 2.71 bits per heavy atom. The number of allylic oxidation sites excluding steroid dienone is 1. The highest BCUT2D eigenvalue weighted by Crippen LogP contribution is 2.27. The number of benzene rings is 1. The van der Waals surface area contributed by atoms with Gasteiger partial charge in [-0.3, -0.25) is 0 Å². The summed E-state index contributed by atoms with van der Waals surface area (Å²) in [7, 11) is 0. The van der Waals surface area contributed by atoms with Gasteiger partial charge in [-0.15, -0.1) is 0 Å². The van der Waals surface area contributed by atoms with Crippen LogP contribution in [0, 0.1) is 11.3 Å². The van der Waals surface area contributed by atoms with Gasteiger partial charge < -0.3 is 4.98 Å². The van der Waals surface area contributed by atoms with Crippen molar-refractivity contribution in [1.82, 2.24) is 4.98 Å². The Balaban J connectivity index is 2.47. The number of nitrogens with one attached hydrogen (secondary N) is 1. The third-order valence-corrected chi connectivity index (χ3v) is 2.81. The van der Waals surface area contributed by atoms with Gasteiger partial charge in [-0.25, -0.2) is 0 Å². The summed E-state index contributed by atoms with van der Waals surface area (Å²) < 4.78 is 0. The molecule has 0 bridgehead atoms. The van der Waals surface area contributed by atoms with Crippen LogP contribution in [0.5, 0.6) is 0 Å². The molecule has 2 nitrogen and oxygen atoms in total. The van der Waals surface area contributed by atoms with Crippen molar-refractivity contribution >= 4 is 34.9 Å². The minimum absolute atomic E-state index is 0.469. The summed E-state index contributed by atoms with van der Waals surface area (Å²) >= 11 is 11.9. The lowest BCUT2D eigenvalue weighted by Gasteiger charge is -2.02. The summed E-state index contributed by atoms with van der Waals surface area (Å²) in [5.41, 5.74) is 2.02. The van der Waals surface area contributed by atoms with Crippen molar-refractivity contribution in [2.75, 3.05) is 0 Å². The van der Waals surface area contributed by atoms with Gasteiger partial charge in [0.2, 0.25) is 0 Å². The molecule has 0 aliphatic carbocycles. The molecule has 0 unspecified atom stereocenters. The molecule has 2 rings (SSSR count). The number of hydrogen-bond acceptors (Lipinski definition) is 1. The summed E-state index contributed by atoms with van der Waals surface area (Å²) in [5.74, 6) is 0. The monoisotopic (exact) mass is 262 g/mol. The van der Waals surface area contributed by atoms with E-state index in [-0.39, 0.29) is 0 Å². The van der Waals surface area contributed by atoms with E-state index in [2.05, 4.69) is 11.1 Å². The summed E-state index contributed by atoms with van der Waals surface area (Å²) in [6, 6.07) is 10.9. The number of aromatic nitrogens is 1. The fourth-order valence-corrected chi connectivity index (χ4v) is 1.98. The SMILES string of the molecule is N#C/C(=C\c1ccc[nH]1)c1ccc(Cl)cc1Cl. The number of nitriles is 1. The van der Waals surface area contributed by atoms with Gasteiger partial charge in [0.15, 0.2) is 0 Å². The van der Waals surface area contributed by atoms with Crippen LogP contribution in [0.4, 0.5) is 0 Å². The number of halogens is 2. The molecule has 1 aromatic heterocycles. The maximum Gasteiger partial charge on any atom is 0.0999 e. The Labute approximate surface area is 109 Å². The normalized spacial score (nSPS) is 11.2. The number of rotatable bonds is 2. The number of aromatic amines is 1. The van der Waals surface area contributed by atoms with E-state index in [0.717, 1.165) is 5.69 Å². The molecule has 1 heterocycles. The van der Waals surface area contributed by atoms with E-state index in [1.54, 1.807) is 30.5 Å². The first-order valence-electron chi connectivity index (χ1n) is 4.91. The Hall–Kier alpha value is -1.69. The lowest BCUT2D eigenvalue weighted by atomic mass is 10.1. The van der Waals surface area contributed by atoms with Gasteiger partial charge in [0, 0.05) is 22.5 Å². The Morgan fingerprint density at radius 2 is 2.12 bits per heavy atom. The molecule has 1 aromatic carbocycles. The minimum atomic E-state index is 0.469. The molecular weight excluding hydrogens is 255 g/mol. The van der Waals surface area contributed by atoms with Crippen molar-refractivity contribution in [1.29, 1.82) is 5.26 Å². The molecule has 0 atom stereocenters. The first-order chi connectivity index (χ1) is 8.20. The van der Waals surface area contributed by atoms with E-state index < -0.39 is 0 Å². The Kier molecular flexibility index (Phi) is 3.53. The third kappa shape index (κ3) is 2.71. The zero-order valence-electron chi connectivity index (χ0n) is 8.74. The van der Waals surface area contributed by atoms with Gasteiger partial charge in [0.25, 0.3) is 0 Å². The quantitative estimate of drug-likeness (QED) is 0.802. The van der Waals surface area contributed by atoms with Crippen LogP contribution in [0.15, 0.2) is 36.5 Å². The van der Waals surface area contributed by atoms with E-state index in [4.69, 9.17) is 28.5 Å². The molecule has 0 saturated carbocycles. The van der Waals surface area contributed by atoms with Crippen LogP contribution in [-0.4, -0.2) is 4.98 Å². The molecule has 0 fully saturated rings. The van der Waals surface area contributed by atoms with Crippen molar-refractivity contribution in [3.8, 4) is 6.07 Å². The third-order valence-electron chi connectivity index (χ3n) is 2.26. The topological polar surface area (TPSA) is 39.6 Å². The van der Waals surface area contributed by atoms with Gasteiger partial charge in [-0.2, -0.15) is 5.26 Å². The standard InChI is InChI=1S/C13H8Cl2N2/c14-10-3-4-12(13(15)7-10)9(8-16)6-11-2-1-5-17-11/h1-7,17H/b9-6+. The van der Waals surface area contributed by atoms with E-state index in [0.29, 0.717) is 21.2 Å². The van der Waals surface area contributed by atoms with E-state index in [1.807, 2.05) is 12.1 Å². The molecule has 2 aromatic rings. The zero-order valence-corrected chi connectivity index (χ0v) is 10.3. The fraction of sp³-hybridized carbons (Fsp3) is 0. The first-order valence-corrected chi connectivity index (χ1v) is 5.67. The summed E-state index contributed by atoms with van der Waals surface area (Å²) in [4.78, 5) is 3.01. The van der Waals surface area contributed by atoms with Crippen molar-refractivity contribution in [2.24, 2.45) is 0 Å². The van der Waals surface area contributed by atoms with Gasteiger partial charge in [-0.1, -0.05) is 29.3 Å². The van der Waals surface area contributed by atoms with Crippen molar-refractivity contribution < 1.29 is 0 Å². The van der Waals surface area contributed by atoms with Crippen LogP contribution in [0.3, 0.4) is 0 Å². The Bertz CT molecular complexity index is 592. The van der Waals surface area contributed by atoms with Crippen LogP contribution in [0.25, 0.3) is 11.6 Å². The molecule has 0 saturated heterocycles. The maximum absolute atomic E-state index is 9.15. The first kappa shape index (κ1) is 11.8. The molecule has 4 heteroatoms. The molecule has 0 radical (unpaired) electrons. The molecule has 17 heavy (non-hydrogen) atoms. The van der Waals surface area contributed by atoms with Gasteiger partial charge in [-0.05, 0) is 30.3 Å². The Morgan fingerprint density at radius 1 is 1.29 bits per heavy atom. The van der Waals surface area contributed by atoms with Crippen LogP contribution in [0.1, 0.15) is 11.3 Å². The van der Waals surface area contributed by atoms with E-state index >= 15 is 0 Å². The predicted octanol–water partition coefficient (Wildman–Crippen LogP) is 4.39. The summed E-state index contributed by atoms with van der Waals surface area (Å²) in [5, 5.41) is 10.2. The second kappa shape index (κ2) is 5.09. The van der Waals surface area contributed by atoms with E-state index in [1.165, 1.54) is 0 Å². The van der Waals surface area contributed by atoms with Crippen molar-refractivity contribution in [3.63, 3.8) is 0 Å². The second-order valence-corrected chi connectivity index (χ2v) is 4.26. The highest BCUT2D eigenvalue weighted by atomic mass is 35.5. The molecular formula is C13H8Cl2N2. The van der Waals surface area contributed by atoms with Crippen LogP contribution in [0.2, 0.25) is 10.0 Å². The summed E-state index contributed by atoms with van der Waals surface area (Å²) in [6.07, 6.45) is 3.54. The number of H-pyrrole nitrogens is 1. The molecule has 1 N–H and O–H groups in total. The predicted molar refractivity (Wildman–Crippen MR) is 70.7 cm³/mol. The van der Waals surface area contributed by atoms with Crippen LogP contribution < -0.4 is 0 Å². The molecule has 0 aliphatic rings. The van der Waals surface area contributed by atoms with Crippen molar-refractivity contribution in [3.05, 3.63) is 57.8 Å². The van der Waals surface area contributed by atoms with Crippen LogP contribution >= 0.6 is 23.2 Å². The van der Waals surface area contributed by atoms with E-state index in [9.17, 15) is 0 Å². The van der Waals surface area contributed by atoms with Crippen LogP contribution in [-0.2, 0) is 0 Å². The summed E-state index contributed by atoms with van der Waals surface area (Å²) in [6.45, 7) is 0. The largest absolute Gasteiger partial charge is 0.362 e. The number of hydrogen-bond donors (Lipinski definition) is 1. The maximum atomic E-state index is 9.15. The average Bonchev–Trinajstić information content (AvgIpc) is 2.79. The lowest BCUT2D eigenvalue weighted by molar-refractivity contribution is 1.38. The molecule has 0 aliphatic heterocycles. The lowest BCUT2D eigenvalue weighted by Crippen LogP contribution is -1.84.